The van der Waals surface area contributed by atoms with Crippen LogP contribution in [0.4, 0.5) is 5.69 Å². The van der Waals surface area contributed by atoms with E-state index in [1.54, 1.807) is 36.6 Å². The molecule has 154 valence electrons. The minimum Gasteiger partial charge on any atom is -0.494 e. The number of unbranched alkanes of at least 4 members (excludes halogenated alkanes) is 1. The Morgan fingerprint density at radius 2 is 1.77 bits per heavy atom. The molecular formula is C25H25NO4. The lowest BCUT2D eigenvalue weighted by Gasteiger charge is -2.06. The maximum atomic E-state index is 11.9. The Kier molecular flexibility index (Phi) is 7.61. The maximum Gasteiger partial charge on any atom is 0.336 e. The number of rotatable bonds is 9. The predicted octanol–water partition coefficient (Wildman–Crippen LogP) is 6.22. The van der Waals surface area contributed by atoms with Crippen LogP contribution in [0.2, 0.25) is 0 Å². The third kappa shape index (κ3) is 6.48. The van der Waals surface area contributed by atoms with Gasteiger partial charge in [-0.05, 0) is 85.6 Å². The first-order valence-electron chi connectivity index (χ1n) is 9.96. The number of carbonyl (C=O) groups excluding carboxylic acids is 1. The molecule has 30 heavy (non-hydrogen) atoms. The highest BCUT2D eigenvalue weighted by Crippen LogP contribution is 2.20. The molecule has 0 unspecified atom stereocenters. The Morgan fingerprint density at radius 1 is 1.03 bits per heavy atom. The van der Waals surface area contributed by atoms with E-state index in [2.05, 4.69) is 11.9 Å². The number of hydrogen-bond acceptors (Lipinski definition) is 5. The molecule has 0 aliphatic carbocycles. The first kappa shape index (κ1) is 21.1. The van der Waals surface area contributed by atoms with E-state index >= 15 is 0 Å². The molecular weight excluding hydrogens is 378 g/mol. The van der Waals surface area contributed by atoms with Gasteiger partial charge in [0.25, 0.3) is 0 Å². The normalized spacial score (nSPS) is 11.6. The average Bonchev–Trinajstić information content (AvgIpc) is 3.28. The van der Waals surface area contributed by atoms with E-state index in [0.29, 0.717) is 11.5 Å². The Bertz CT molecular complexity index is 985. The van der Waals surface area contributed by atoms with Crippen molar-refractivity contribution in [3.8, 4) is 11.5 Å². The van der Waals surface area contributed by atoms with Gasteiger partial charge in [0.05, 0.1) is 18.6 Å². The van der Waals surface area contributed by atoms with Crippen molar-refractivity contribution in [1.82, 2.24) is 0 Å². The SMILES string of the molecule is CCCCOc1ccc(N=C(C)c2ccc(OC(=O)/C=C/c3ccco3)cc2)cc1. The van der Waals surface area contributed by atoms with E-state index in [-0.39, 0.29) is 0 Å². The van der Waals surface area contributed by atoms with Gasteiger partial charge in [-0.2, -0.15) is 0 Å². The van der Waals surface area contributed by atoms with E-state index < -0.39 is 5.97 Å². The number of esters is 1. The molecule has 1 heterocycles. The minimum absolute atomic E-state index is 0.467. The second-order valence-corrected chi connectivity index (χ2v) is 6.69. The van der Waals surface area contributed by atoms with Gasteiger partial charge in [0, 0.05) is 11.8 Å². The number of hydrogen-bond donors (Lipinski definition) is 0. The van der Waals surface area contributed by atoms with Gasteiger partial charge in [0.2, 0.25) is 0 Å². The summed E-state index contributed by atoms with van der Waals surface area (Å²) < 4.78 is 16.1. The lowest BCUT2D eigenvalue weighted by molar-refractivity contribution is -0.128. The zero-order valence-corrected chi connectivity index (χ0v) is 17.2. The Balaban J connectivity index is 1.57. The van der Waals surface area contributed by atoms with Crippen molar-refractivity contribution in [3.63, 3.8) is 0 Å². The van der Waals surface area contributed by atoms with E-state index in [1.807, 2.05) is 43.3 Å². The first-order valence-corrected chi connectivity index (χ1v) is 9.96. The predicted molar refractivity (Wildman–Crippen MR) is 119 cm³/mol. The molecule has 3 rings (SSSR count). The van der Waals surface area contributed by atoms with Gasteiger partial charge in [-0.15, -0.1) is 0 Å². The van der Waals surface area contributed by atoms with Crippen molar-refractivity contribution in [3.05, 3.63) is 84.3 Å². The van der Waals surface area contributed by atoms with E-state index in [1.165, 1.54) is 6.08 Å². The van der Waals surface area contributed by atoms with Crippen molar-refractivity contribution in [1.29, 1.82) is 0 Å². The standard InChI is InChI=1S/C25H25NO4/c1-3-4-17-28-23-13-9-21(10-14-23)26-19(2)20-7-11-24(12-8-20)30-25(27)16-15-22-6-5-18-29-22/h5-16,18H,3-4,17H2,1-2H3/b16-15+,26-19?. The summed E-state index contributed by atoms with van der Waals surface area (Å²) in [5, 5.41) is 0. The molecule has 0 atom stereocenters. The van der Waals surface area contributed by atoms with Gasteiger partial charge < -0.3 is 13.9 Å². The third-order valence-electron chi connectivity index (χ3n) is 4.32. The van der Waals surface area contributed by atoms with Crippen LogP contribution < -0.4 is 9.47 Å². The molecule has 0 aliphatic heterocycles. The lowest BCUT2D eigenvalue weighted by Crippen LogP contribution is -2.04. The molecule has 0 amide bonds. The molecule has 1 aromatic heterocycles. The average molecular weight is 403 g/mol. The fourth-order valence-corrected chi connectivity index (χ4v) is 2.66. The number of nitrogens with zero attached hydrogens (tertiary/aromatic N) is 1. The van der Waals surface area contributed by atoms with Crippen molar-refractivity contribution < 1.29 is 18.7 Å². The zero-order chi connectivity index (χ0) is 21.2. The summed E-state index contributed by atoms with van der Waals surface area (Å²) in [6.45, 7) is 4.81. The highest BCUT2D eigenvalue weighted by atomic mass is 16.5. The number of carbonyl (C=O) groups is 1. The van der Waals surface area contributed by atoms with E-state index in [0.717, 1.165) is 42.2 Å². The van der Waals surface area contributed by atoms with Crippen molar-refractivity contribution in [2.75, 3.05) is 6.61 Å². The quantitative estimate of drug-likeness (QED) is 0.140. The van der Waals surface area contributed by atoms with Crippen molar-refractivity contribution in [2.24, 2.45) is 4.99 Å². The van der Waals surface area contributed by atoms with Crippen molar-refractivity contribution >= 4 is 23.4 Å². The van der Waals surface area contributed by atoms with Crippen LogP contribution in [0, 0.1) is 0 Å². The molecule has 2 aromatic carbocycles. The maximum absolute atomic E-state index is 11.9. The summed E-state index contributed by atoms with van der Waals surface area (Å²) in [5.41, 5.74) is 2.67. The molecule has 0 bridgehead atoms. The van der Waals surface area contributed by atoms with Gasteiger partial charge >= 0.3 is 5.97 Å². The van der Waals surface area contributed by atoms with Crippen LogP contribution in [0.3, 0.4) is 0 Å². The Hall–Kier alpha value is -3.60. The molecule has 0 aliphatic rings. The van der Waals surface area contributed by atoms with Crippen molar-refractivity contribution in [2.45, 2.75) is 26.7 Å². The van der Waals surface area contributed by atoms with Crippen LogP contribution in [0.5, 0.6) is 11.5 Å². The summed E-state index contributed by atoms with van der Waals surface area (Å²) in [4.78, 5) is 16.5. The molecule has 0 spiro atoms. The molecule has 5 nitrogen and oxygen atoms in total. The summed E-state index contributed by atoms with van der Waals surface area (Å²) in [7, 11) is 0. The van der Waals surface area contributed by atoms with Crippen LogP contribution in [0.25, 0.3) is 6.08 Å². The molecule has 3 aromatic rings. The van der Waals surface area contributed by atoms with Gasteiger partial charge in [-0.1, -0.05) is 13.3 Å². The highest BCUT2D eigenvalue weighted by molar-refractivity contribution is 6.00. The summed E-state index contributed by atoms with van der Waals surface area (Å²) in [6.07, 6.45) is 6.60. The summed E-state index contributed by atoms with van der Waals surface area (Å²) >= 11 is 0. The fourth-order valence-electron chi connectivity index (χ4n) is 2.66. The molecule has 0 N–H and O–H groups in total. The monoisotopic (exact) mass is 403 g/mol. The number of aliphatic imine (C=N–C) groups is 1. The summed E-state index contributed by atoms with van der Waals surface area (Å²) in [6, 6.07) is 18.5. The van der Waals surface area contributed by atoms with Crippen LogP contribution in [-0.2, 0) is 4.79 Å². The Labute approximate surface area is 176 Å². The number of furan rings is 1. The smallest absolute Gasteiger partial charge is 0.336 e. The third-order valence-corrected chi connectivity index (χ3v) is 4.32. The molecule has 0 saturated carbocycles. The van der Waals surface area contributed by atoms with Gasteiger partial charge in [0.1, 0.15) is 17.3 Å². The van der Waals surface area contributed by atoms with Crippen LogP contribution in [0.1, 0.15) is 38.0 Å². The van der Waals surface area contributed by atoms with Gasteiger partial charge in [-0.25, -0.2) is 4.79 Å². The van der Waals surface area contributed by atoms with E-state index in [9.17, 15) is 4.79 Å². The largest absolute Gasteiger partial charge is 0.494 e. The van der Waals surface area contributed by atoms with Crippen LogP contribution >= 0.6 is 0 Å². The zero-order valence-electron chi connectivity index (χ0n) is 17.2. The van der Waals surface area contributed by atoms with Crippen LogP contribution in [-0.4, -0.2) is 18.3 Å². The fraction of sp³-hybridized carbons (Fsp3) is 0.200. The number of benzene rings is 2. The second-order valence-electron chi connectivity index (χ2n) is 6.69. The number of ether oxygens (including phenoxy) is 2. The minimum atomic E-state index is -0.467. The second kappa shape index (κ2) is 10.8. The van der Waals surface area contributed by atoms with Gasteiger partial charge in [0.15, 0.2) is 0 Å². The molecule has 0 fully saturated rings. The lowest BCUT2D eigenvalue weighted by atomic mass is 10.1. The topological polar surface area (TPSA) is 61.0 Å². The van der Waals surface area contributed by atoms with E-state index in [4.69, 9.17) is 13.9 Å². The molecule has 0 radical (unpaired) electrons. The highest BCUT2D eigenvalue weighted by Gasteiger charge is 2.04. The summed E-state index contributed by atoms with van der Waals surface area (Å²) in [5.74, 6) is 1.45. The molecule has 5 heteroatoms. The first-order chi connectivity index (χ1) is 14.6. The van der Waals surface area contributed by atoms with Gasteiger partial charge in [-0.3, -0.25) is 4.99 Å². The Morgan fingerprint density at radius 3 is 2.43 bits per heavy atom. The molecule has 0 saturated heterocycles. The van der Waals surface area contributed by atoms with Crippen LogP contribution in [0.15, 0.2) is 82.4 Å².